The maximum absolute atomic E-state index is 10.7. The fourth-order valence-corrected chi connectivity index (χ4v) is 1.41. The quantitative estimate of drug-likeness (QED) is 0.641. The second kappa shape index (κ2) is 2.88. The molecule has 0 bridgehead atoms. The Morgan fingerprint density at radius 3 is 2.09 bits per heavy atom. The highest BCUT2D eigenvalue weighted by molar-refractivity contribution is 6.69. The summed E-state index contributed by atoms with van der Waals surface area (Å²) < 4.78 is 5.07. The maximum Gasteiger partial charge on any atom is 0.257 e. The average molecular weight is 193 g/mol. The van der Waals surface area contributed by atoms with Crippen molar-refractivity contribution in [1.82, 2.24) is 0 Å². The highest BCUT2D eigenvalue weighted by Crippen LogP contribution is 2.27. The summed E-state index contributed by atoms with van der Waals surface area (Å²) in [7, 11) is 0. The van der Waals surface area contributed by atoms with E-state index in [1.807, 2.05) is 0 Å². The molecule has 0 aliphatic rings. The van der Waals surface area contributed by atoms with E-state index in [4.69, 9.17) is 27.6 Å². The summed E-state index contributed by atoms with van der Waals surface area (Å²) in [5.74, 6) is 0.987. The van der Waals surface area contributed by atoms with E-state index in [-0.39, 0.29) is 5.56 Å². The summed E-state index contributed by atoms with van der Waals surface area (Å²) in [5, 5.41) is -0.271. The molecule has 0 aliphatic carbocycles. The van der Waals surface area contributed by atoms with Crippen LogP contribution in [0, 0.1) is 13.8 Å². The van der Waals surface area contributed by atoms with Gasteiger partial charge in [-0.2, -0.15) is 0 Å². The molecule has 1 aromatic heterocycles. The van der Waals surface area contributed by atoms with Gasteiger partial charge in [0, 0.05) is 0 Å². The molecule has 0 atom stereocenters. The van der Waals surface area contributed by atoms with Gasteiger partial charge in [-0.15, -0.1) is 0 Å². The smallest absolute Gasteiger partial charge is 0.257 e. The Labute approximate surface area is 74.1 Å². The van der Waals surface area contributed by atoms with Crippen molar-refractivity contribution < 1.29 is 9.21 Å². The van der Waals surface area contributed by atoms with E-state index in [0.29, 0.717) is 16.5 Å². The summed E-state index contributed by atoms with van der Waals surface area (Å²) in [6, 6.07) is 0. The Bertz CT molecular complexity index is 302. The number of rotatable bonds is 1. The van der Waals surface area contributed by atoms with E-state index in [2.05, 4.69) is 0 Å². The van der Waals surface area contributed by atoms with Crippen LogP contribution >= 0.6 is 23.2 Å². The van der Waals surface area contributed by atoms with Gasteiger partial charge < -0.3 is 4.42 Å². The molecular weight excluding hydrogens is 187 g/mol. The zero-order valence-electron chi connectivity index (χ0n) is 6.07. The molecule has 0 amide bonds. The van der Waals surface area contributed by atoms with Crippen molar-refractivity contribution in [1.29, 1.82) is 0 Å². The molecule has 1 rings (SSSR count). The first kappa shape index (κ1) is 8.62. The molecule has 0 aliphatic heterocycles. The van der Waals surface area contributed by atoms with Crippen LogP contribution in [0.1, 0.15) is 21.9 Å². The molecule has 2 nitrogen and oxygen atoms in total. The molecule has 0 radical (unpaired) electrons. The second-order valence-corrected chi connectivity index (χ2v) is 2.90. The van der Waals surface area contributed by atoms with Crippen LogP contribution in [0.4, 0.5) is 0 Å². The normalized spacial score (nSPS) is 10.2. The van der Waals surface area contributed by atoms with Gasteiger partial charge in [0.1, 0.15) is 11.5 Å². The van der Waals surface area contributed by atoms with Gasteiger partial charge in [-0.1, -0.05) is 11.6 Å². The fraction of sp³-hybridized carbons (Fsp3) is 0.286. The van der Waals surface area contributed by atoms with Crippen LogP contribution in [-0.2, 0) is 0 Å². The third-order valence-corrected chi connectivity index (χ3v) is 2.03. The average Bonchev–Trinajstić information content (AvgIpc) is 2.07. The topological polar surface area (TPSA) is 30.2 Å². The number of carbonyl (C=O) groups excluding carboxylic acids is 1. The van der Waals surface area contributed by atoms with Crippen LogP contribution in [0.5, 0.6) is 0 Å². The number of hydrogen-bond acceptors (Lipinski definition) is 2. The summed E-state index contributed by atoms with van der Waals surface area (Å²) in [6.07, 6.45) is 0. The monoisotopic (exact) mass is 192 g/mol. The first-order valence-electron chi connectivity index (χ1n) is 2.99. The molecule has 0 fully saturated rings. The molecule has 4 heteroatoms. The van der Waals surface area contributed by atoms with Crippen molar-refractivity contribution >= 4 is 28.4 Å². The van der Waals surface area contributed by atoms with Gasteiger partial charge >= 0.3 is 0 Å². The van der Waals surface area contributed by atoms with Gasteiger partial charge in [0.15, 0.2) is 0 Å². The summed E-state index contributed by atoms with van der Waals surface area (Å²) >= 11 is 11.0. The van der Waals surface area contributed by atoms with Crippen molar-refractivity contribution in [2.75, 3.05) is 0 Å². The Morgan fingerprint density at radius 1 is 1.36 bits per heavy atom. The highest BCUT2D eigenvalue weighted by atomic mass is 35.5. The minimum Gasteiger partial charge on any atom is -0.464 e. The van der Waals surface area contributed by atoms with Gasteiger partial charge in [0.2, 0.25) is 0 Å². The molecule has 1 aromatic rings. The lowest BCUT2D eigenvalue weighted by Gasteiger charge is -1.87. The third kappa shape index (κ3) is 1.42. The number of carbonyl (C=O) groups is 1. The van der Waals surface area contributed by atoms with Crippen LogP contribution in [-0.4, -0.2) is 5.24 Å². The van der Waals surface area contributed by atoms with E-state index in [0.717, 1.165) is 0 Å². The predicted octanol–water partition coefficient (Wildman–Crippen LogP) is 2.93. The molecule has 0 saturated heterocycles. The fourth-order valence-electron chi connectivity index (χ4n) is 0.881. The largest absolute Gasteiger partial charge is 0.464 e. The SMILES string of the molecule is Cc1oc(C)c(C(=O)Cl)c1Cl. The van der Waals surface area contributed by atoms with E-state index >= 15 is 0 Å². The van der Waals surface area contributed by atoms with E-state index < -0.39 is 5.24 Å². The van der Waals surface area contributed by atoms with Crippen molar-refractivity contribution in [3.8, 4) is 0 Å². The summed E-state index contributed by atoms with van der Waals surface area (Å²) in [6.45, 7) is 3.33. The van der Waals surface area contributed by atoms with Crippen LogP contribution in [0.2, 0.25) is 5.02 Å². The lowest BCUT2D eigenvalue weighted by molar-refractivity contribution is 0.108. The first-order chi connectivity index (χ1) is 5.04. The number of halogens is 2. The predicted molar refractivity (Wildman–Crippen MR) is 43.4 cm³/mol. The Kier molecular flexibility index (Phi) is 2.25. The Morgan fingerprint density at radius 2 is 1.91 bits per heavy atom. The summed E-state index contributed by atoms with van der Waals surface area (Å²) in [4.78, 5) is 10.7. The zero-order valence-corrected chi connectivity index (χ0v) is 7.58. The number of hydrogen-bond donors (Lipinski definition) is 0. The second-order valence-electron chi connectivity index (χ2n) is 2.18. The molecule has 11 heavy (non-hydrogen) atoms. The molecule has 0 aromatic carbocycles. The van der Waals surface area contributed by atoms with Gasteiger partial charge in [-0.25, -0.2) is 0 Å². The van der Waals surface area contributed by atoms with Crippen molar-refractivity contribution in [2.45, 2.75) is 13.8 Å². The maximum atomic E-state index is 10.7. The number of aryl methyl sites for hydroxylation is 2. The molecule has 0 spiro atoms. The van der Waals surface area contributed by atoms with Crippen molar-refractivity contribution in [3.05, 3.63) is 22.1 Å². The lowest BCUT2D eigenvalue weighted by atomic mass is 10.3. The van der Waals surface area contributed by atoms with Gasteiger partial charge in [0.25, 0.3) is 5.24 Å². The van der Waals surface area contributed by atoms with Gasteiger partial charge in [0.05, 0.1) is 10.6 Å². The van der Waals surface area contributed by atoms with Crippen molar-refractivity contribution in [3.63, 3.8) is 0 Å². The minimum absolute atomic E-state index is 0.269. The summed E-state index contributed by atoms with van der Waals surface area (Å²) in [5.41, 5.74) is 0.269. The van der Waals surface area contributed by atoms with E-state index in [1.54, 1.807) is 13.8 Å². The van der Waals surface area contributed by atoms with Crippen LogP contribution in [0.15, 0.2) is 4.42 Å². The standard InChI is InChI=1S/C7H6Cl2O2/c1-3-5(7(9)10)6(8)4(2)11-3/h1-2H3. The molecule has 0 unspecified atom stereocenters. The molecular formula is C7H6Cl2O2. The zero-order chi connectivity index (χ0) is 8.59. The minimum atomic E-state index is -0.579. The van der Waals surface area contributed by atoms with Gasteiger partial charge in [-0.3, -0.25) is 4.79 Å². The van der Waals surface area contributed by atoms with Crippen molar-refractivity contribution in [2.24, 2.45) is 0 Å². The Balaban J connectivity index is 3.34. The molecule has 1 heterocycles. The Hall–Kier alpha value is -0.470. The first-order valence-corrected chi connectivity index (χ1v) is 3.75. The third-order valence-electron chi connectivity index (χ3n) is 1.38. The van der Waals surface area contributed by atoms with Gasteiger partial charge in [-0.05, 0) is 25.4 Å². The van der Waals surface area contributed by atoms with Crippen LogP contribution < -0.4 is 0 Å². The highest BCUT2D eigenvalue weighted by Gasteiger charge is 2.17. The molecule has 60 valence electrons. The molecule has 0 saturated carbocycles. The van der Waals surface area contributed by atoms with Crippen LogP contribution in [0.25, 0.3) is 0 Å². The van der Waals surface area contributed by atoms with E-state index in [9.17, 15) is 4.79 Å². The number of furan rings is 1. The van der Waals surface area contributed by atoms with Crippen LogP contribution in [0.3, 0.4) is 0 Å². The lowest BCUT2D eigenvalue weighted by Crippen LogP contribution is -1.88. The molecule has 0 N–H and O–H groups in total. The van der Waals surface area contributed by atoms with E-state index in [1.165, 1.54) is 0 Å².